The van der Waals surface area contributed by atoms with Gasteiger partial charge in [0.25, 0.3) is 5.91 Å². The molecule has 0 aliphatic carbocycles. The molecule has 0 unspecified atom stereocenters. The van der Waals surface area contributed by atoms with Crippen LogP contribution in [0.3, 0.4) is 0 Å². The fourth-order valence-electron chi connectivity index (χ4n) is 2.96. The predicted octanol–water partition coefficient (Wildman–Crippen LogP) is 1.43. The fraction of sp³-hybridized carbons (Fsp3) is 0.467. The average Bonchev–Trinajstić information content (AvgIpc) is 2.76. The summed E-state index contributed by atoms with van der Waals surface area (Å²) < 4.78 is 0. The van der Waals surface area contributed by atoms with Gasteiger partial charge in [-0.1, -0.05) is 11.6 Å². The lowest BCUT2D eigenvalue weighted by molar-refractivity contribution is -0.123. The standard InChI is InChI=1S/C15H17ClN2O3/c16-10-1-3-11(4-2-10)18-14(20)9-13(15(18)21)17-7-5-12(19)6-8-17/h1-4,12-13,19H,5-9H2/t13-/m0/s1. The van der Waals surface area contributed by atoms with Crippen LogP contribution >= 0.6 is 11.6 Å². The SMILES string of the molecule is O=C1C[C@H](N2CCC(O)CC2)C(=O)N1c1ccc(Cl)cc1. The summed E-state index contributed by atoms with van der Waals surface area (Å²) in [6.07, 6.45) is 1.22. The molecule has 0 bridgehead atoms. The Morgan fingerprint density at radius 1 is 1.10 bits per heavy atom. The minimum absolute atomic E-state index is 0.182. The highest BCUT2D eigenvalue weighted by Crippen LogP contribution is 2.28. The maximum atomic E-state index is 12.6. The minimum atomic E-state index is -0.402. The summed E-state index contributed by atoms with van der Waals surface area (Å²) >= 11 is 5.83. The van der Waals surface area contributed by atoms with E-state index in [0.29, 0.717) is 36.6 Å². The first-order valence-corrected chi connectivity index (χ1v) is 7.48. The van der Waals surface area contributed by atoms with Gasteiger partial charge in [-0.2, -0.15) is 0 Å². The second kappa shape index (κ2) is 5.75. The summed E-state index contributed by atoms with van der Waals surface area (Å²) in [5.41, 5.74) is 0.564. The van der Waals surface area contributed by atoms with E-state index >= 15 is 0 Å². The van der Waals surface area contributed by atoms with Crippen molar-refractivity contribution in [3.8, 4) is 0 Å². The molecule has 0 saturated carbocycles. The Labute approximate surface area is 128 Å². The lowest BCUT2D eigenvalue weighted by atomic mass is 10.1. The van der Waals surface area contributed by atoms with Crippen LogP contribution in [0.4, 0.5) is 5.69 Å². The van der Waals surface area contributed by atoms with Gasteiger partial charge in [0.1, 0.15) is 0 Å². The molecule has 1 atom stereocenters. The van der Waals surface area contributed by atoms with Crippen molar-refractivity contribution in [3.05, 3.63) is 29.3 Å². The lowest BCUT2D eigenvalue weighted by Crippen LogP contribution is -2.46. The molecule has 3 rings (SSSR count). The summed E-state index contributed by atoms with van der Waals surface area (Å²) in [4.78, 5) is 28.0. The quantitative estimate of drug-likeness (QED) is 0.840. The van der Waals surface area contributed by atoms with Crippen molar-refractivity contribution in [2.24, 2.45) is 0 Å². The fourth-order valence-corrected chi connectivity index (χ4v) is 3.09. The Morgan fingerprint density at radius 3 is 2.33 bits per heavy atom. The molecule has 6 heteroatoms. The van der Waals surface area contributed by atoms with E-state index < -0.39 is 6.04 Å². The smallest absolute Gasteiger partial charge is 0.251 e. The number of hydrogen-bond donors (Lipinski definition) is 1. The van der Waals surface area contributed by atoms with Gasteiger partial charge < -0.3 is 5.11 Å². The van der Waals surface area contributed by atoms with Gasteiger partial charge in [0.15, 0.2) is 0 Å². The van der Waals surface area contributed by atoms with Gasteiger partial charge in [-0.3, -0.25) is 14.5 Å². The van der Waals surface area contributed by atoms with E-state index in [4.69, 9.17) is 11.6 Å². The number of amides is 2. The number of aliphatic hydroxyl groups is 1. The number of likely N-dealkylation sites (tertiary alicyclic amines) is 1. The summed E-state index contributed by atoms with van der Waals surface area (Å²) in [6.45, 7) is 1.30. The molecule has 1 aromatic carbocycles. The van der Waals surface area contributed by atoms with Gasteiger partial charge in [-0.25, -0.2) is 4.90 Å². The van der Waals surface area contributed by atoms with Crippen molar-refractivity contribution in [1.82, 2.24) is 4.90 Å². The third-order valence-corrected chi connectivity index (χ3v) is 4.40. The highest BCUT2D eigenvalue weighted by Gasteiger charge is 2.43. The third-order valence-electron chi connectivity index (χ3n) is 4.15. The summed E-state index contributed by atoms with van der Waals surface area (Å²) in [5.74, 6) is -0.364. The van der Waals surface area contributed by atoms with E-state index in [1.54, 1.807) is 24.3 Å². The van der Waals surface area contributed by atoms with E-state index in [1.807, 2.05) is 4.90 Å². The van der Waals surface area contributed by atoms with E-state index in [0.717, 1.165) is 0 Å². The Bertz CT molecular complexity index is 553. The van der Waals surface area contributed by atoms with Crippen molar-refractivity contribution < 1.29 is 14.7 Å². The Hall–Kier alpha value is -1.43. The van der Waals surface area contributed by atoms with Crippen LogP contribution < -0.4 is 4.90 Å². The molecular formula is C15H17ClN2O3. The van der Waals surface area contributed by atoms with Gasteiger partial charge in [-0.15, -0.1) is 0 Å². The molecule has 2 amide bonds. The highest BCUT2D eigenvalue weighted by molar-refractivity contribution is 6.30. The first kappa shape index (κ1) is 14.5. The normalized spacial score (nSPS) is 24.9. The topological polar surface area (TPSA) is 60.9 Å². The number of aliphatic hydroxyl groups excluding tert-OH is 1. The maximum Gasteiger partial charge on any atom is 0.251 e. The predicted molar refractivity (Wildman–Crippen MR) is 79.2 cm³/mol. The minimum Gasteiger partial charge on any atom is -0.393 e. The molecule has 0 radical (unpaired) electrons. The maximum absolute atomic E-state index is 12.6. The zero-order valence-electron chi connectivity index (χ0n) is 11.5. The van der Waals surface area contributed by atoms with E-state index in [9.17, 15) is 14.7 Å². The monoisotopic (exact) mass is 308 g/mol. The summed E-state index contributed by atoms with van der Waals surface area (Å²) in [5, 5.41) is 10.1. The zero-order valence-corrected chi connectivity index (χ0v) is 12.3. The Kier molecular flexibility index (Phi) is 3.97. The molecule has 21 heavy (non-hydrogen) atoms. The molecule has 2 aliphatic rings. The van der Waals surface area contributed by atoms with Crippen molar-refractivity contribution in [3.63, 3.8) is 0 Å². The number of rotatable bonds is 2. The summed E-state index contributed by atoms with van der Waals surface area (Å²) in [6, 6.07) is 6.30. The van der Waals surface area contributed by atoms with E-state index in [1.165, 1.54) is 4.90 Å². The molecule has 1 aromatic rings. The van der Waals surface area contributed by atoms with Gasteiger partial charge in [0.2, 0.25) is 5.91 Å². The third kappa shape index (κ3) is 2.81. The number of anilines is 1. The Morgan fingerprint density at radius 2 is 1.71 bits per heavy atom. The van der Waals surface area contributed by atoms with Crippen molar-refractivity contribution in [2.75, 3.05) is 18.0 Å². The van der Waals surface area contributed by atoms with Crippen molar-refractivity contribution in [1.29, 1.82) is 0 Å². The first-order chi connectivity index (χ1) is 10.1. The number of halogens is 1. The molecule has 2 heterocycles. The molecule has 0 spiro atoms. The number of imide groups is 1. The largest absolute Gasteiger partial charge is 0.393 e. The Balaban J connectivity index is 1.77. The number of carbonyl (C=O) groups is 2. The van der Waals surface area contributed by atoms with Gasteiger partial charge in [-0.05, 0) is 37.1 Å². The first-order valence-electron chi connectivity index (χ1n) is 7.11. The number of benzene rings is 1. The van der Waals surface area contributed by atoms with Gasteiger partial charge in [0, 0.05) is 18.1 Å². The van der Waals surface area contributed by atoms with Gasteiger partial charge >= 0.3 is 0 Å². The van der Waals surface area contributed by atoms with Crippen LogP contribution in [0.1, 0.15) is 19.3 Å². The molecule has 2 aliphatic heterocycles. The molecular weight excluding hydrogens is 292 g/mol. The molecule has 1 N–H and O–H groups in total. The highest BCUT2D eigenvalue weighted by atomic mass is 35.5. The van der Waals surface area contributed by atoms with E-state index in [2.05, 4.69) is 0 Å². The van der Waals surface area contributed by atoms with Crippen LogP contribution in [0.2, 0.25) is 5.02 Å². The molecule has 0 aromatic heterocycles. The average molecular weight is 309 g/mol. The van der Waals surface area contributed by atoms with Crippen LogP contribution in [0, 0.1) is 0 Å². The van der Waals surface area contributed by atoms with Crippen LogP contribution in [-0.4, -0.2) is 47.1 Å². The zero-order chi connectivity index (χ0) is 15.0. The van der Waals surface area contributed by atoms with Crippen molar-refractivity contribution >= 4 is 29.1 Å². The molecule has 2 fully saturated rings. The van der Waals surface area contributed by atoms with Gasteiger partial charge in [0.05, 0.1) is 24.3 Å². The second-order valence-corrected chi connectivity index (χ2v) is 5.97. The number of nitrogens with zero attached hydrogens (tertiary/aromatic N) is 2. The van der Waals surface area contributed by atoms with Crippen LogP contribution in [0.15, 0.2) is 24.3 Å². The molecule has 5 nitrogen and oxygen atoms in total. The van der Waals surface area contributed by atoms with Crippen LogP contribution in [0.25, 0.3) is 0 Å². The molecule has 112 valence electrons. The van der Waals surface area contributed by atoms with E-state index in [-0.39, 0.29) is 24.3 Å². The molecule has 2 saturated heterocycles. The lowest BCUT2D eigenvalue weighted by Gasteiger charge is -2.32. The number of carbonyl (C=O) groups excluding carboxylic acids is 2. The van der Waals surface area contributed by atoms with Crippen molar-refractivity contribution in [2.45, 2.75) is 31.4 Å². The van der Waals surface area contributed by atoms with Crippen LogP contribution in [-0.2, 0) is 9.59 Å². The number of hydrogen-bond acceptors (Lipinski definition) is 4. The summed E-state index contributed by atoms with van der Waals surface area (Å²) in [7, 11) is 0. The second-order valence-electron chi connectivity index (χ2n) is 5.53. The number of piperidine rings is 1. The van der Waals surface area contributed by atoms with Crippen LogP contribution in [0.5, 0.6) is 0 Å².